The van der Waals surface area contributed by atoms with Crippen molar-refractivity contribution in [3.05, 3.63) is 207 Å². The van der Waals surface area contributed by atoms with Crippen LogP contribution in [0.5, 0.6) is 0 Å². The Morgan fingerprint density at radius 1 is 0.276 bits per heavy atom. The van der Waals surface area contributed by atoms with Crippen molar-refractivity contribution in [2.45, 2.75) is 0 Å². The highest BCUT2D eigenvalue weighted by Crippen LogP contribution is 2.40. The molecule has 0 bridgehead atoms. The minimum absolute atomic E-state index is 0.907. The predicted molar refractivity (Wildman–Crippen MR) is 240 cm³/mol. The van der Waals surface area contributed by atoms with Gasteiger partial charge in [0.25, 0.3) is 0 Å². The second-order valence-corrected chi connectivity index (χ2v) is 14.7. The van der Waals surface area contributed by atoms with Crippen LogP contribution in [0.25, 0.3) is 111 Å². The summed E-state index contributed by atoms with van der Waals surface area (Å²) in [6, 6.07) is 68.5. The number of fused-ring (bicyclic) bond motifs is 6. The Morgan fingerprint density at radius 3 is 1.45 bits per heavy atom. The van der Waals surface area contributed by atoms with Gasteiger partial charge in [0.15, 0.2) is 0 Å². The smallest absolute Gasteiger partial charge is 0.0788 e. The molecule has 0 radical (unpaired) electrons. The lowest BCUT2D eigenvalue weighted by atomic mass is 9.92. The van der Waals surface area contributed by atoms with Crippen LogP contribution in [-0.4, -0.2) is 19.9 Å². The zero-order valence-electron chi connectivity index (χ0n) is 31.4. The molecule has 0 aliphatic heterocycles. The van der Waals surface area contributed by atoms with Gasteiger partial charge in [-0.25, -0.2) is 9.97 Å². The normalized spacial score (nSPS) is 11.4. The van der Waals surface area contributed by atoms with Gasteiger partial charge in [0.05, 0.1) is 34.0 Å². The van der Waals surface area contributed by atoms with E-state index >= 15 is 0 Å². The maximum absolute atomic E-state index is 5.26. The Kier molecular flexibility index (Phi) is 8.11. The van der Waals surface area contributed by atoms with Crippen molar-refractivity contribution in [3.8, 4) is 67.4 Å². The van der Waals surface area contributed by atoms with Crippen molar-refractivity contribution < 1.29 is 0 Å². The maximum Gasteiger partial charge on any atom is 0.0788 e. The van der Waals surface area contributed by atoms with Crippen molar-refractivity contribution >= 4 is 43.2 Å². The van der Waals surface area contributed by atoms with E-state index < -0.39 is 0 Å². The number of hydrogen-bond acceptors (Lipinski definition) is 4. The number of hydrogen-bond donors (Lipinski definition) is 0. The number of para-hydroxylation sites is 1. The Bertz CT molecular complexity index is 3200. The SMILES string of the molecule is c1ccc(-c2ccc(-c3cc(-c4ccc5c(ccc6c(-c7ccc8ccccc8c7)nc7ccccc7c65)c4)cc(-c4ccc(-c5ccccn5)cc4)n3)cc2)nc1. The number of aromatic nitrogens is 4. The first-order valence-electron chi connectivity index (χ1n) is 19.5. The van der Waals surface area contributed by atoms with Crippen molar-refractivity contribution in [2.75, 3.05) is 0 Å². The Labute approximate surface area is 335 Å². The molecule has 0 atom stereocenters. The van der Waals surface area contributed by atoms with Crippen molar-refractivity contribution in [2.24, 2.45) is 0 Å². The first kappa shape index (κ1) is 33.5. The van der Waals surface area contributed by atoms with E-state index in [4.69, 9.17) is 9.97 Å². The van der Waals surface area contributed by atoms with E-state index in [9.17, 15) is 0 Å². The predicted octanol–water partition coefficient (Wildman–Crippen LogP) is 13.9. The standard InChI is InChI=1S/C54H34N4/c1-2-10-40-32-43(24-15-35(40)9-1)54-47-28-26-42-31-41(25-27-45(42)53(47)46-11-3-4-14-50(46)58-54)44-33-51(38-20-16-36(17-21-38)48-12-5-7-29-55-48)57-52(34-44)39-22-18-37(19-23-39)49-13-6-8-30-56-49/h1-34H. The van der Waals surface area contributed by atoms with Crippen LogP contribution in [0.2, 0.25) is 0 Å². The van der Waals surface area contributed by atoms with Gasteiger partial charge < -0.3 is 0 Å². The van der Waals surface area contributed by atoms with Crippen molar-refractivity contribution in [1.29, 1.82) is 0 Å². The molecule has 4 heteroatoms. The quantitative estimate of drug-likeness (QED) is 0.159. The van der Waals surface area contributed by atoms with Crippen LogP contribution < -0.4 is 0 Å². The molecule has 0 fully saturated rings. The van der Waals surface area contributed by atoms with Gasteiger partial charge in [0, 0.05) is 56.4 Å². The van der Waals surface area contributed by atoms with E-state index in [0.717, 1.165) is 83.7 Å². The zero-order valence-corrected chi connectivity index (χ0v) is 31.4. The molecule has 58 heavy (non-hydrogen) atoms. The van der Waals surface area contributed by atoms with E-state index in [-0.39, 0.29) is 0 Å². The van der Waals surface area contributed by atoms with E-state index in [1.165, 1.54) is 26.9 Å². The highest BCUT2D eigenvalue weighted by atomic mass is 14.7. The third kappa shape index (κ3) is 6.05. The molecule has 0 saturated heterocycles. The van der Waals surface area contributed by atoms with Gasteiger partial charge in [0.2, 0.25) is 0 Å². The van der Waals surface area contributed by atoms with Crippen LogP contribution in [-0.2, 0) is 0 Å². The fourth-order valence-electron chi connectivity index (χ4n) is 8.20. The fraction of sp³-hybridized carbons (Fsp3) is 0. The summed E-state index contributed by atoms with van der Waals surface area (Å²) in [6.45, 7) is 0. The molecule has 7 aromatic carbocycles. The minimum atomic E-state index is 0.907. The second kappa shape index (κ2) is 14.0. The largest absolute Gasteiger partial charge is 0.256 e. The molecule has 0 aliphatic carbocycles. The molecule has 0 N–H and O–H groups in total. The Morgan fingerprint density at radius 2 is 0.793 bits per heavy atom. The van der Waals surface area contributed by atoms with Gasteiger partial charge in [0.1, 0.15) is 0 Å². The third-order valence-corrected chi connectivity index (χ3v) is 11.1. The summed E-state index contributed by atoms with van der Waals surface area (Å²) in [6.07, 6.45) is 3.66. The molecule has 0 saturated carbocycles. The highest BCUT2D eigenvalue weighted by Gasteiger charge is 2.16. The molecule has 4 aromatic heterocycles. The fourth-order valence-corrected chi connectivity index (χ4v) is 8.20. The Hall–Kier alpha value is -7.82. The van der Waals surface area contributed by atoms with Crippen molar-refractivity contribution in [3.63, 3.8) is 0 Å². The summed E-state index contributed by atoms with van der Waals surface area (Å²) in [5.74, 6) is 0. The number of nitrogens with zero attached hydrogens (tertiary/aromatic N) is 4. The van der Waals surface area contributed by atoms with E-state index in [1.54, 1.807) is 0 Å². The molecule has 0 unspecified atom stereocenters. The topological polar surface area (TPSA) is 51.6 Å². The summed E-state index contributed by atoms with van der Waals surface area (Å²) in [5, 5.41) is 8.31. The highest BCUT2D eigenvalue weighted by molar-refractivity contribution is 6.22. The first-order valence-corrected chi connectivity index (χ1v) is 19.5. The molecule has 0 aliphatic rings. The molecular weight excluding hydrogens is 705 g/mol. The summed E-state index contributed by atoms with van der Waals surface area (Å²) >= 11 is 0. The van der Waals surface area contributed by atoms with Gasteiger partial charge >= 0.3 is 0 Å². The van der Waals surface area contributed by atoms with Crippen LogP contribution in [0.1, 0.15) is 0 Å². The summed E-state index contributed by atoms with van der Waals surface area (Å²) < 4.78 is 0. The van der Waals surface area contributed by atoms with E-state index in [1.807, 2.05) is 48.8 Å². The first-order chi connectivity index (χ1) is 28.7. The molecular formula is C54H34N4. The average Bonchev–Trinajstić information content (AvgIpc) is 3.31. The molecule has 270 valence electrons. The van der Waals surface area contributed by atoms with Gasteiger partial charge in [-0.2, -0.15) is 0 Å². The van der Waals surface area contributed by atoms with Gasteiger partial charge in [-0.15, -0.1) is 0 Å². The molecule has 0 spiro atoms. The molecule has 11 aromatic rings. The lowest BCUT2D eigenvalue weighted by Crippen LogP contribution is -1.93. The monoisotopic (exact) mass is 738 g/mol. The molecule has 4 nitrogen and oxygen atoms in total. The van der Waals surface area contributed by atoms with Crippen molar-refractivity contribution in [1.82, 2.24) is 19.9 Å². The summed E-state index contributed by atoms with van der Waals surface area (Å²) in [7, 11) is 0. The van der Waals surface area contributed by atoms with Gasteiger partial charge in [-0.1, -0.05) is 140 Å². The molecule has 0 amide bonds. The van der Waals surface area contributed by atoms with E-state index in [0.29, 0.717) is 0 Å². The average molecular weight is 739 g/mol. The molecule has 11 rings (SSSR count). The zero-order chi connectivity index (χ0) is 38.4. The van der Waals surface area contributed by atoms with Crippen LogP contribution in [0.4, 0.5) is 0 Å². The van der Waals surface area contributed by atoms with Crippen LogP contribution in [0, 0.1) is 0 Å². The van der Waals surface area contributed by atoms with Crippen LogP contribution in [0.15, 0.2) is 207 Å². The molecule has 4 heterocycles. The van der Waals surface area contributed by atoms with E-state index in [2.05, 4.69) is 168 Å². The Balaban J connectivity index is 1.06. The summed E-state index contributed by atoms with van der Waals surface area (Å²) in [4.78, 5) is 19.6. The van der Waals surface area contributed by atoms with Crippen LogP contribution >= 0.6 is 0 Å². The number of benzene rings is 7. The van der Waals surface area contributed by atoms with Crippen LogP contribution in [0.3, 0.4) is 0 Å². The lowest BCUT2D eigenvalue weighted by Gasteiger charge is -2.15. The number of pyridine rings is 4. The lowest BCUT2D eigenvalue weighted by molar-refractivity contribution is 1.31. The maximum atomic E-state index is 5.26. The number of rotatable bonds is 6. The second-order valence-electron chi connectivity index (χ2n) is 14.7. The third-order valence-electron chi connectivity index (χ3n) is 11.1. The minimum Gasteiger partial charge on any atom is -0.256 e. The van der Waals surface area contributed by atoms with Gasteiger partial charge in [-0.05, 0) is 87.3 Å². The summed E-state index contributed by atoms with van der Waals surface area (Å²) in [5.41, 5.74) is 13.2. The van der Waals surface area contributed by atoms with Gasteiger partial charge in [-0.3, -0.25) is 9.97 Å².